The highest BCUT2D eigenvalue weighted by Crippen LogP contribution is 2.26. The van der Waals surface area contributed by atoms with E-state index in [1.807, 2.05) is 0 Å². The average Bonchev–Trinajstić information content (AvgIpc) is 2.26. The molecule has 1 amide bonds. The number of rotatable bonds is 1. The summed E-state index contributed by atoms with van der Waals surface area (Å²) in [5, 5.41) is 0. The van der Waals surface area contributed by atoms with Crippen molar-refractivity contribution in [1.29, 1.82) is 0 Å². The minimum Gasteiger partial charge on any atom is -0.323 e. The summed E-state index contributed by atoms with van der Waals surface area (Å²) in [6.07, 6.45) is -4.86. The van der Waals surface area contributed by atoms with Crippen LogP contribution in [0.15, 0.2) is 0 Å². The van der Waals surface area contributed by atoms with Crippen molar-refractivity contribution in [2.24, 2.45) is 0 Å². The molecule has 1 saturated heterocycles. The van der Waals surface area contributed by atoms with Crippen molar-refractivity contribution < 1.29 is 22.8 Å². The molecule has 1 aliphatic heterocycles. The zero-order valence-corrected chi connectivity index (χ0v) is 6.89. The Bertz CT molecular complexity index is 249. The van der Waals surface area contributed by atoms with E-state index in [1.165, 1.54) is 0 Å². The van der Waals surface area contributed by atoms with Gasteiger partial charge in [0, 0.05) is 0 Å². The molecule has 0 saturated carbocycles. The van der Waals surface area contributed by atoms with Gasteiger partial charge in [0.25, 0.3) is 0 Å². The van der Waals surface area contributed by atoms with E-state index in [1.54, 1.807) is 0 Å². The maximum atomic E-state index is 12.1. The third-order valence-corrected chi connectivity index (χ3v) is 1.96. The van der Waals surface area contributed by atoms with Crippen LogP contribution in [0.1, 0.15) is 13.3 Å². The van der Waals surface area contributed by atoms with Gasteiger partial charge in [0.05, 0.1) is 13.0 Å². The van der Waals surface area contributed by atoms with Crippen LogP contribution in [0.2, 0.25) is 0 Å². The van der Waals surface area contributed by atoms with Crippen molar-refractivity contribution >= 4 is 11.7 Å². The molecule has 1 heterocycles. The van der Waals surface area contributed by atoms with E-state index in [2.05, 4.69) is 0 Å². The predicted octanol–water partition coefficient (Wildman–Crippen LogP) is 0.739. The Kier molecular flexibility index (Phi) is 2.32. The highest BCUT2D eigenvalue weighted by atomic mass is 19.4. The molecule has 1 atom stereocenters. The second-order valence-electron chi connectivity index (χ2n) is 2.95. The van der Waals surface area contributed by atoms with Gasteiger partial charge < -0.3 is 4.90 Å². The summed E-state index contributed by atoms with van der Waals surface area (Å²) in [5.41, 5.74) is 0. The lowest BCUT2D eigenvalue weighted by Crippen LogP contribution is -2.44. The first-order valence-electron chi connectivity index (χ1n) is 3.70. The summed E-state index contributed by atoms with van der Waals surface area (Å²) in [7, 11) is 0. The van der Waals surface area contributed by atoms with Crippen LogP contribution in [-0.2, 0) is 9.59 Å². The van der Waals surface area contributed by atoms with Crippen molar-refractivity contribution in [3.8, 4) is 0 Å². The molecule has 1 aliphatic rings. The van der Waals surface area contributed by atoms with Crippen LogP contribution in [0.3, 0.4) is 0 Å². The van der Waals surface area contributed by atoms with Crippen molar-refractivity contribution in [3.63, 3.8) is 0 Å². The van der Waals surface area contributed by atoms with E-state index in [9.17, 15) is 22.8 Å². The Labute approximate surface area is 72.5 Å². The molecule has 1 fully saturated rings. The minimum absolute atomic E-state index is 0.402. The smallest absolute Gasteiger partial charge is 0.323 e. The molecular weight excluding hydrogens is 187 g/mol. The lowest BCUT2D eigenvalue weighted by atomic mass is 10.3. The molecule has 0 radical (unpaired) electrons. The summed E-state index contributed by atoms with van der Waals surface area (Å²) in [4.78, 5) is 22.1. The molecule has 1 rings (SSSR count). The number of nitrogens with zero attached hydrogens (tertiary/aromatic N) is 1. The van der Waals surface area contributed by atoms with E-state index >= 15 is 0 Å². The number of carbonyl (C=O) groups excluding carboxylic acids is 2. The zero-order chi connectivity index (χ0) is 10.2. The molecule has 74 valence electrons. The molecule has 3 nitrogen and oxygen atoms in total. The summed E-state index contributed by atoms with van der Waals surface area (Å²) < 4.78 is 36.3. The lowest BCUT2D eigenvalue weighted by molar-refractivity contribution is -0.182. The fourth-order valence-corrected chi connectivity index (χ4v) is 1.13. The van der Waals surface area contributed by atoms with Crippen molar-refractivity contribution in [2.45, 2.75) is 25.6 Å². The molecular formula is C7H8F3NO2. The molecule has 0 aromatic carbocycles. The van der Waals surface area contributed by atoms with Gasteiger partial charge in [-0.15, -0.1) is 0 Å². The number of hydrogen-bond acceptors (Lipinski definition) is 2. The number of amides is 1. The van der Waals surface area contributed by atoms with E-state index < -0.39 is 36.9 Å². The SMILES string of the molecule is CC(N1CC(=O)CC1=O)C(F)(F)F. The van der Waals surface area contributed by atoms with Gasteiger partial charge in [-0.2, -0.15) is 13.2 Å². The summed E-state index contributed by atoms with van der Waals surface area (Å²) in [6, 6.07) is -1.87. The first kappa shape index (κ1) is 10.0. The Morgan fingerprint density at radius 1 is 1.38 bits per heavy atom. The van der Waals surface area contributed by atoms with Crippen LogP contribution < -0.4 is 0 Å². The van der Waals surface area contributed by atoms with Gasteiger partial charge in [0.2, 0.25) is 5.91 Å². The quantitative estimate of drug-likeness (QED) is 0.578. The van der Waals surface area contributed by atoms with Gasteiger partial charge in [0.1, 0.15) is 6.04 Å². The Balaban J connectivity index is 2.73. The first-order chi connectivity index (χ1) is 5.82. The standard InChI is InChI=1S/C7H8F3NO2/c1-4(7(8,9)10)11-3-5(12)2-6(11)13/h4H,2-3H2,1H3. The number of ketones is 1. The molecule has 6 heteroatoms. The van der Waals surface area contributed by atoms with Gasteiger partial charge in [-0.3, -0.25) is 9.59 Å². The van der Waals surface area contributed by atoms with Crippen LogP contribution in [0, 0.1) is 0 Å². The topological polar surface area (TPSA) is 37.4 Å². The van der Waals surface area contributed by atoms with E-state index in [0.717, 1.165) is 6.92 Å². The van der Waals surface area contributed by atoms with Gasteiger partial charge in [-0.25, -0.2) is 0 Å². The summed E-state index contributed by atoms with van der Waals surface area (Å²) in [5.74, 6) is -1.20. The number of carbonyl (C=O) groups is 2. The third kappa shape index (κ3) is 1.99. The number of hydrogen-bond donors (Lipinski definition) is 0. The highest BCUT2D eigenvalue weighted by molar-refractivity contribution is 6.05. The summed E-state index contributed by atoms with van der Waals surface area (Å²) >= 11 is 0. The highest BCUT2D eigenvalue weighted by Gasteiger charge is 2.45. The Morgan fingerprint density at radius 3 is 2.23 bits per heavy atom. The van der Waals surface area contributed by atoms with Gasteiger partial charge >= 0.3 is 6.18 Å². The molecule has 0 aliphatic carbocycles. The number of likely N-dealkylation sites (tertiary alicyclic amines) is 1. The van der Waals surface area contributed by atoms with Crippen LogP contribution >= 0.6 is 0 Å². The number of Topliss-reactive ketones (excluding diaryl/α,β-unsaturated/α-hetero) is 1. The van der Waals surface area contributed by atoms with Crippen LogP contribution in [-0.4, -0.2) is 35.4 Å². The normalized spacial score (nSPS) is 21.1. The molecule has 0 N–H and O–H groups in total. The number of alkyl halides is 3. The van der Waals surface area contributed by atoms with Gasteiger partial charge in [-0.05, 0) is 6.92 Å². The fraction of sp³-hybridized carbons (Fsp3) is 0.714. The molecule has 0 aromatic heterocycles. The van der Waals surface area contributed by atoms with E-state index in [-0.39, 0.29) is 0 Å². The van der Waals surface area contributed by atoms with E-state index in [0.29, 0.717) is 4.90 Å². The predicted molar refractivity (Wildman–Crippen MR) is 36.9 cm³/mol. The first-order valence-corrected chi connectivity index (χ1v) is 3.70. The zero-order valence-electron chi connectivity index (χ0n) is 6.89. The Hall–Kier alpha value is -1.07. The Morgan fingerprint density at radius 2 is 1.92 bits per heavy atom. The fourth-order valence-electron chi connectivity index (χ4n) is 1.13. The van der Waals surface area contributed by atoms with Gasteiger partial charge in [-0.1, -0.05) is 0 Å². The molecule has 1 unspecified atom stereocenters. The third-order valence-electron chi connectivity index (χ3n) is 1.96. The largest absolute Gasteiger partial charge is 0.408 e. The van der Waals surface area contributed by atoms with Crippen molar-refractivity contribution in [1.82, 2.24) is 4.90 Å². The van der Waals surface area contributed by atoms with Gasteiger partial charge in [0.15, 0.2) is 5.78 Å². The second-order valence-corrected chi connectivity index (χ2v) is 2.95. The molecule has 13 heavy (non-hydrogen) atoms. The summed E-state index contributed by atoms with van der Waals surface area (Å²) in [6.45, 7) is 0.454. The minimum atomic E-state index is -4.46. The lowest BCUT2D eigenvalue weighted by Gasteiger charge is -2.25. The monoisotopic (exact) mass is 195 g/mol. The van der Waals surface area contributed by atoms with Crippen LogP contribution in [0.4, 0.5) is 13.2 Å². The maximum absolute atomic E-state index is 12.1. The van der Waals surface area contributed by atoms with E-state index in [4.69, 9.17) is 0 Å². The van der Waals surface area contributed by atoms with Crippen LogP contribution in [0.25, 0.3) is 0 Å². The molecule has 0 spiro atoms. The van der Waals surface area contributed by atoms with Crippen LogP contribution in [0.5, 0.6) is 0 Å². The van der Waals surface area contributed by atoms with Crippen molar-refractivity contribution in [2.75, 3.05) is 6.54 Å². The molecule has 0 bridgehead atoms. The van der Waals surface area contributed by atoms with Crippen molar-refractivity contribution in [3.05, 3.63) is 0 Å². The maximum Gasteiger partial charge on any atom is 0.408 e. The second kappa shape index (κ2) is 3.01. The average molecular weight is 195 g/mol. The molecule has 0 aromatic rings. The number of halogens is 3.